The van der Waals surface area contributed by atoms with E-state index >= 15 is 0 Å². The highest BCUT2D eigenvalue weighted by Gasteiger charge is 2.30. The van der Waals surface area contributed by atoms with Crippen LogP contribution in [0.15, 0.2) is 23.1 Å². The summed E-state index contributed by atoms with van der Waals surface area (Å²) in [5, 5.41) is 23.5. The number of sulfonamides is 1. The lowest BCUT2D eigenvalue weighted by atomic mass is 10.3. The summed E-state index contributed by atoms with van der Waals surface area (Å²) in [6.45, 7) is 4.25. The van der Waals surface area contributed by atoms with Gasteiger partial charge in [-0.05, 0) is 32.9 Å². The van der Waals surface area contributed by atoms with Crippen LogP contribution < -0.4 is 5.73 Å². The topological polar surface area (TPSA) is 122 Å². The predicted molar refractivity (Wildman–Crippen MR) is 105 cm³/mol. The lowest BCUT2D eigenvalue weighted by Crippen LogP contribution is -2.40. The number of aromatic nitrogens is 2. The zero-order valence-corrected chi connectivity index (χ0v) is 17.4. The fraction of sp³-hybridized carbons (Fsp3) is 0.438. The van der Waals surface area contributed by atoms with Gasteiger partial charge in [-0.1, -0.05) is 23.2 Å². The lowest BCUT2D eigenvalue weighted by Gasteiger charge is -2.25. The number of benzene rings is 1. The van der Waals surface area contributed by atoms with Crippen molar-refractivity contribution in [1.29, 1.82) is 0 Å². The Kier molecular flexibility index (Phi) is 6.77. The number of nitrogens with two attached hydrogens (primary N) is 1. The van der Waals surface area contributed by atoms with E-state index in [1.54, 1.807) is 13.0 Å². The average molecular weight is 437 g/mol. The van der Waals surface area contributed by atoms with E-state index in [0.29, 0.717) is 17.2 Å². The highest BCUT2D eigenvalue weighted by molar-refractivity contribution is 7.89. The van der Waals surface area contributed by atoms with Gasteiger partial charge in [0.2, 0.25) is 10.0 Å². The Morgan fingerprint density at radius 2 is 1.70 bits per heavy atom. The zero-order valence-electron chi connectivity index (χ0n) is 15.1. The number of halogens is 2. The molecule has 0 aliphatic heterocycles. The molecule has 4 N–H and O–H groups in total. The van der Waals surface area contributed by atoms with Gasteiger partial charge in [-0.15, -0.1) is 0 Å². The average Bonchev–Trinajstić information content (AvgIpc) is 2.85. The van der Waals surface area contributed by atoms with Gasteiger partial charge in [-0.3, -0.25) is 0 Å². The molecule has 0 fully saturated rings. The summed E-state index contributed by atoms with van der Waals surface area (Å²) >= 11 is 12.5. The molecule has 0 saturated heterocycles. The van der Waals surface area contributed by atoms with Gasteiger partial charge in [-0.2, -0.15) is 9.40 Å². The minimum absolute atomic E-state index is 0.0804. The minimum Gasteiger partial charge on any atom is -0.392 e. The molecule has 0 saturated carbocycles. The maximum Gasteiger partial charge on any atom is 0.244 e. The van der Waals surface area contributed by atoms with Crippen LogP contribution >= 0.6 is 23.2 Å². The van der Waals surface area contributed by atoms with E-state index in [1.807, 2.05) is 0 Å². The molecule has 27 heavy (non-hydrogen) atoms. The molecular weight excluding hydrogens is 415 g/mol. The van der Waals surface area contributed by atoms with Gasteiger partial charge in [0.15, 0.2) is 0 Å². The van der Waals surface area contributed by atoms with Crippen LogP contribution in [-0.4, -0.2) is 58.0 Å². The Hall–Kier alpha value is -1.36. The number of aliphatic hydroxyl groups is 2. The molecule has 2 rings (SSSR count). The molecule has 2 atom stereocenters. The van der Waals surface area contributed by atoms with Crippen molar-refractivity contribution in [3.8, 4) is 5.69 Å². The number of nitrogens with zero attached hydrogens (tertiary/aromatic N) is 3. The molecule has 150 valence electrons. The van der Waals surface area contributed by atoms with Crippen molar-refractivity contribution < 1.29 is 18.6 Å². The number of nitrogen functional groups attached to an aromatic ring is 1. The van der Waals surface area contributed by atoms with Crippen molar-refractivity contribution in [3.63, 3.8) is 0 Å². The second-order valence-corrected chi connectivity index (χ2v) is 9.10. The van der Waals surface area contributed by atoms with Crippen LogP contribution in [0, 0.1) is 6.92 Å². The molecule has 0 spiro atoms. The Bertz CT molecular complexity index is 919. The third kappa shape index (κ3) is 4.92. The van der Waals surface area contributed by atoms with Crippen molar-refractivity contribution in [2.24, 2.45) is 0 Å². The Morgan fingerprint density at radius 1 is 1.15 bits per heavy atom. The van der Waals surface area contributed by atoms with Crippen LogP contribution in [0.2, 0.25) is 10.0 Å². The number of aliphatic hydroxyl groups excluding tert-OH is 2. The lowest BCUT2D eigenvalue weighted by molar-refractivity contribution is 0.125. The molecule has 0 bridgehead atoms. The highest BCUT2D eigenvalue weighted by Crippen LogP contribution is 2.33. The van der Waals surface area contributed by atoms with Crippen LogP contribution in [0.25, 0.3) is 5.69 Å². The molecule has 11 heteroatoms. The predicted octanol–water partition coefficient (Wildman–Crippen LogP) is 1.82. The first kappa shape index (κ1) is 21.9. The maximum absolute atomic E-state index is 13.0. The smallest absolute Gasteiger partial charge is 0.244 e. The van der Waals surface area contributed by atoms with Gasteiger partial charge >= 0.3 is 0 Å². The first-order valence-corrected chi connectivity index (χ1v) is 10.3. The summed E-state index contributed by atoms with van der Waals surface area (Å²) in [6, 6.07) is 4.21. The fourth-order valence-electron chi connectivity index (χ4n) is 2.59. The molecule has 0 aliphatic carbocycles. The van der Waals surface area contributed by atoms with Crippen LogP contribution in [0.5, 0.6) is 0 Å². The highest BCUT2D eigenvalue weighted by atomic mass is 35.5. The number of aryl methyl sites for hydroxylation is 1. The summed E-state index contributed by atoms with van der Waals surface area (Å²) in [7, 11) is -4.11. The van der Waals surface area contributed by atoms with Crippen molar-refractivity contribution in [1.82, 2.24) is 14.1 Å². The number of hydrogen-bond donors (Lipinski definition) is 3. The molecule has 0 amide bonds. The minimum atomic E-state index is -4.11. The van der Waals surface area contributed by atoms with Crippen molar-refractivity contribution in [3.05, 3.63) is 33.9 Å². The molecule has 2 unspecified atom stereocenters. The molecule has 1 aromatic carbocycles. The molecule has 8 nitrogen and oxygen atoms in total. The second-order valence-electron chi connectivity index (χ2n) is 6.38. The van der Waals surface area contributed by atoms with Crippen LogP contribution in [0.1, 0.15) is 19.5 Å². The zero-order chi connectivity index (χ0) is 20.5. The number of hydrogen-bond acceptors (Lipinski definition) is 6. The van der Waals surface area contributed by atoms with Gasteiger partial charge in [0.25, 0.3) is 0 Å². The summed E-state index contributed by atoms with van der Waals surface area (Å²) in [4.78, 5) is -0.235. The Balaban J connectivity index is 2.54. The third-order valence-corrected chi connectivity index (χ3v) is 6.24. The SMILES string of the molecule is Cc1cc(N)n(-c2cc(Cl)c(S(=O)(=O)N(CC(C)O)CC(C)O)cc2Cl)n1. The van der Waals surface area contributed by atoms with E-state index in [9.17, 15) is 18.6 Å². The molecule has 1 heterocycles. The molecular formula is C16H22Cl2N4O4S. The van der Waals surface area contributed by atoms with Crippen LogP contribution in [0.4, 0.5) is 5.82 Å². The van der Waals surface area contributed by atoms with Gasteiger partial charge in [0, 0.05) is 19.2 Å². The number of anilines is 1. The molecule has 0 radical (unpaired) electrons. The van der Waals surface area contributed by atoms with Gasteiger partial charge in [0.05, 0.1) is 33.6 Å². The fourth-order valence-corrected chi connectivity index (χ4v) is 5.02. The Morgan fingerprint density at radius 3 is 2.15 bits per heavy atom. The summed E-state index contributed by atoms with van der Waals surface area (Å²) in [6.07, 6.45) is -1.86. The van der Waals surface area contributed by atoms with Crippen molar-refractivity contribution in [2.75, 3.05) is 18.8 Å². The van der Waals surface area contributed by atoms with E-state index in [1.165, 1.54) is 30.7 Å². The van der Waals surface area contributed by atoms with Crippen molar-refractivity contribution >= 4 is 39.0 Å². The van der Waals surface area contributed by atoms with Crippen LogP contribution in [0.3, 0.4) is 0 Å². The standard InChI is InChI=1S/C16H22Cl2N4O4S/c1-9-4-16(19)22(20-9)14-5-13(18)15(6-12(14)17)27(25,26)21(7-10(2)23)8-11(3)24/h4-6,10-11,23-24H,7-8,19H2,1-3H3. The van der Waals surface area contributed by atoms with E-state index in [2.05, 4.69) is 5.10 Å². The van der Waals surface area contributed by atoms with Gasteiger partial charge in [-0.25, -0.2) is 13.1 Å². The largest absolute Gasteiger partial charge is 0.392 e. The Labute approximate surface area is 168 Å². The summed E-state index contributed by atoms with van der Waals surface area (Å²) in [5.41, 5.74) is 6.89. The second kappa shape index (κ2) is 8.34. The quantitative estimate of drug-likeness (QED) is 0.608. The first-order valence-electron chi connectivity index (χ1n) is 8.11. The molecule has 0 aliphatic rings. The van der Waals surface area contributed by atoms with Gasteiger partial charge < -0.3 is 15.9 Å². The summed E-state index contributed by atoms with van der Waals surface area (Å²) < 4.78 is 28.3. The van der Waals surface area contributed by atoms with Gasteiger partial charge in [0.1, 0.15) is 10.7 Å². The maximum atomic E-state index is 13.0. The first-order chi connectivity index (χ1) is 12.4. The molecule has 1 aromatic heterocycles. The van der Waals surface area contributed by atoms with E-state index in [4.69, 9.17) is 28.9 Å². The number of rotatable bonds is 7. The van der Waals surface area contributed by atoms with E-state index in [-0.39, 0.29) is 28.0 Å². The van der Waals surface area contributed by atoms with Crippen molar-refractivity contribution in [2.45, 2.75) is 37.9 Å². The van der Waals surface area contributed by atoms with Crippen LogP contribution in [-0.2, 0) is 10.0 Å². The third-order valence-electron chi connectivity index (χ3n) is 3.64. The molecule has 2 aromatic rings. The monoisotopic (exact) mass is 436 g/mol. The normalized spacial score (nSPS) is 14.5. The van der Waals surface area contributed by atoms with E-state index < -0.39 is 22.2 Å². The van der Waals surface area contributed by atoms with E-state index in [0.717, 1.165) is 4.31 Å². The summed E-state index contributed by atoms with van der Waals surface area (Å²) in [5.74, 6) is 0.325.